The van der Waals surface area contributed by atoms with Crippen LogP contribution >= 0.6 is 11.3 Å². The van der Waals surface area contributed by atoms with Gasteiger partial charge in [0.15, 0.2) is 0 Å². The lowest BCUT2D eigenvalue weighted by Gasteiger charge is -2.28. The number of fused-ring (bicyclic) bond motifs is 2. The van der Waals surface area contributed by atoms with Crippen molar-refractivity contribution in [2.24, 2.45) is 0 Å². The van der Waals surface area contributed by atoms with Crippen LogP contribution in [-0.4, -0.2) is 52.5 Å². The highest BCUT2D eigenvalue weighted by atomic mass is 32.1. The van der Waals surface area contributed by atoms with Crippen LogP contribution < -0.4 is 10.6 Å². The van der Waals surface area contributed by atoms with Crippen LogP contribution in [0, 0.1) is 5.82 Å². The first-order valence-corrected chi connectivity index (χ1v) is 15.2. The highest BCUT2D eigenvalue weighted by Gasteiger charge is 2.32. The number of anilines is 1. The van der Waals surface area contributed by atoms with Crippen LogP contribution in [0.5, 0.6) is 0 Å². The minimum absolute atomic E-state index is 0.0878. The summed E-state index contributed by atoms with van der Waals surface area (Å²) in [5.41, 5.74) is 6.31. The number of halogens is 1. The lowest BCUT2D eigenvalue weighted by molar-refractivity contribution is 0.0223. The van der Waals surface area contributed by atoms with Gasteiger partial charge in [-0.1, -0.05) is 12.1 Å². The Morgan fingerprint density at radius 3 is 2.85 bits per heavy atom. The van der Waals surface area contributed by atoms with Crippen LogP contribution in [0.1, 0.15) is 51.2 Å². The minimum atomic E-state index is -0.528. The fourth-order valence-electron chi connectivity index (χ4n) is 5.83. The summed E-state index contributed by atoms with van der Waals surface area (Å²) in [5.74, 6) is -0.317. The van der Waals surface area contributed by atoms with Gasteiger partial charge >= 0.3 is 6.09 Å². The Balaban J connectivity index is 1.24. The normalized spacial score (nSPS) is 17.1. The highest BCUT2D eigenvalue weighted by Crippen LogP contribution is 2.39. The van der Waals surface area contributed by atoms with Gasteiger partial charge in [0.2, 0.25) is 0 Å². The predicted molar refractivity (Wildman–Crippen MR) is 163 cm³/mol. The van der Waals surface area contributed by atoms with Crippen LogP contribution in [0.25, 0.3) is 32.6 Å². The third-order valence-corrected chi connectivity index (χ3v) is 8.71. The van der Waals surface area contributed by atoms with Crippen molar-refractivity contribution in [3.05, 3.63) is 64.8 Å². The lowest BCUT2D eigenvalue weighted by Crippen LogP contribution is -2.40. The van der Waals surface area contributed by atoms with E-state index in [0.717, 1.165) is 71.4 Å². The summed E-state index contributed by atoms with van der Waals surface area (Å²) in [5, 5.41) is 19.4. The molecule has 0 spiro atoms. The Labute approximate surface area is 244 Å². The van der Waals surface area contributed by atoms with E-state index >= 15 is 0 Å². The maximum Gasteiger partial charge on any atom is 0.410 e. The van der Waals surface area contributed by atoms with E-state index in [0.29, 0.717) is 18.8 Å². The number of ether oxygens (including phenoxy) is 1. The monoisotopic (exact) mass is 573 g/mol. The molecule has 2 aliphatic heterocycles. The molecule has 4 aromatic rings. The largest absolute Gasteiger partial charge is 0.444 e. The number of amides is 1. The molecule has 41 heavy (non-hydrogen) atoms. The molecule has 7 nitrogen and oxygen atoms in total. The third-order valence-electron chi connectivity index (χ3n) is 7.79. The molecule has 2 N–H and O–H groups in total. The van der Waals surface area contributed by atoms with Crippen molar-refractivity contribution >= 4 is 33.2 Å². The molecule has 9 heteroatoms. The van der Waals surface area contributed by atoms with Gasteiger partial charge in [-0.05, 0) is 99.8 Å². The number of hydrogen-bond donors (Lipinski definition) is 2. The van der Waals surface area contributed by atoms with E-state index in [1.165, 1.54) is 23.3 Å². The predicted octanol–water partition coefficient (Wildman–Crippen LogP) is 7.01. The molecule has 2 aromatic heterocycles. The van der Waals surface area contributed by atoms with E-state index < -0.39 is 5.60 Å². The van der Waals surface area contributed by atoms with Gasteiger partial charge in [0.1, 0.15) is 22.8 Å². The number of benzene rings is 2. The Kier molecular flexibility index (Phi) is 7.66. The maximum atomic E-state index is 14.4. The molecule has 1 atom stereocenters. The van der Waals surface area contributed by atoms with Gasteiger partial charge < -0.3 is 20.3 Å². The van der Waals surface area contributed by atoms with E-state index in [9.17, 15) is 9.18 Å². The van der Waals surface area contributed by atoms with Gasteiger partial charge in [-0.25, -0.2) is 9.18 Å². The second-order valence-electron chi connectivity index (χ2n) is 11.8. The summed E-state index contributed by atoms with van der Waals surface area (Å²) in [4.78, 5) is 14.5. The molecule has 1 fully saturated rings. The van der Waals surface area contributed by atoms with E-state index in [4.69, 9.17) is 14.9 Å². The van der Waals surface area contributed by atoms with Gasteiger partial charge in [0, 0.05) is 47.9 Å². The number of nitrogens with one attached hydrogen (secondary N) is 2. The number of carbonyl (C=O) groups excluding carboxylic acids is 1. The van der Waals surface area contributed by atoms with Crippen molar-refractivity contribution in [2.45, 2.75) is 64.6 Å². The van der Waals surface area contributed by atoms with Crippen LogP contribution in [0.3, 0.4) is 0 Å². The molecular formula is C32H36FN5O2S. The second kappa shape index (κ2) is 11.4. The third kappa shape index (κ3) is 5.92. The van der Waals surface area contributed by atoms with E-state index in [2.05, 4.69) is 40.3 Å². The number of likely N-dealkylation sites (tertiary alicyclic amines) is 1. The van der Waals surface area contributed by atoms with Gasteiger partial charge in [0.05, 0.1) is 4.70 Å². The first kappa shape index (κ1) is 27.6. The summed E-state index contributed by atoms with van der Waals surface area (Å²) in [6.45, 7) is 8.81. The first-order chi connectivity index (χ1) is 19.8. The molecule has 214 valence electrons. The molecule has 2 aliphatic rings. The van der Waals surface area contributed by atoms with Crippen molar-refractivity contribution in [3.8, 4) is 22.5 Å². The van der Waals surface area contributed by atoms with Crippen LogP contribution in [0.15, 0.2) is 47.8 Å². The number of carbonyl (C=O) groups is 1. The highest BCUT2D eigenvalue weighted by molar-refractivity contribution is 7.17. The maximum absolute atomic E-state index is 14.4. The average Bonchev–Trinajstić information content (AvgIpc) is 3.62. The van der Waals surface area contributed by atoms with Crippen molar-refractivity contribution in [3.63, 3.8) is 0 Å². The Bertz CT molecular complexity index is 1580. The van der Waals surface area contributed by atoms with Crippen molar-refractivity contribution in [2.75, 3.05) is 25.0 Å². The fourth-order valence-corrected chi connectivity index (χ4v) is 6.73. The summed E-state index contributed by atoms with van der Waals surface area (Å²) >= 11 is 1.62. The van der Waals surface area contributed by atoms with Crippen LogP contribution in [-0.2, 0) is 17.7 Å². The van der Waals surface area contributed by atoms with Gasteiger partial charge in [0.25, 0.3) is 0 Å². The topological polar surface area (TPSA) is 79.4 Å². The van der Waals surface area contributed by atoms with Gasteiger partial charge in [-0.15, -0.1) is 21.5 Å². The Morgan fingerprint density at radius 2 is 2.00 bits per heavy atom. The molecule has 1 saturated heterocycles. The number of nitrogens with zero attached hydrogens (tertiary/aromatic N) is 3. The molecular weight excluding hydrogens is 537 g/mol. The summed E-state index contributed by atoms with van der Waals surface area (Å²) in [6.07, 6.45) is 3.36. The van der Waals surface area contributed by atoms with Crippen molar-refractivity contribution in [1.29, 1.82) is 0 Å². The zero-order valence-electron chi connectivity index (χ0n) is 23.8. The molecule has 0 radical (unpaired) electrons. The zero-order valence-corrected chi connectivity index (χ0v) is 24.6. The minimum Gasteiger partial charge on any atom is -0.444 e. The summed E-state index contributed by atoms with van der Waals surface area (Å²) in [7, 11) is 0. The number of aromatic nitrogens is 2. The van der Waals surface area contributed by atoms with Crippen molar-refractivity contribution in [1.82, 2.24) is 20.4 Å². The van der Waals surface area contributed by atoms with E-state index in [1.807, 2.05) is 25.7 Å². The first-order valence-electron chi connectivity index (χ1n) is 14.4. The molecule has 0 aliphatic carbocycles. The van der Waals surface area contributed by atoms with Gasteiger partial charge in [-0.2, -0.15) is 0 Å². The smallest absolute Gasteiger partial charge is 0.410 e. The van der Waals surface area contributed by atoms with Gasteiger partial charge in [-0.3, -0.25) is 0 Å². The molecule has 0 bridgehead atoms. The molecule has 0 saturated carbocycles. The summed E-state index contributed by atoms with van der Waals surface area (Å²) in [6, 6.07) is 13.5. The molecule has 1 unspecified atom stereocenters. The quantitative estimate of drug-likeness (QED) is 0.258. The summed E-state index contributed by atoms with van der Waals surface area (Å²) < 4.78 is 21.1. The number of hydrogen-bond acceptors (Lipinski definition) is 7. The standard InChI is InChI=1S/C32H36FN5O2S/c1-32(2,3)40-31(39)38-15-4-5-24(38)11-14-35-27-18-23(33)8-9-25(27)29-30-26(12-16-41-30)28(36-37-29)21-6-7-22-19-34-13-10-20(22)17-21/h6-9,12,16-18,24,34-35H,4-5,10-11,13-15,19H2,1-3H3. The molecule has 1 amide bonds. The fraction of sp³-hybridized carbons (Fsp3) is 0.406. The lowest BCUT2D eigenvalue weighted by atomic mass is 9.96. The van der Waals surface area contributed by atoms with Crippen LogP contribution in [0.4, 0.5) is 14.9 Å². The zero-order chi connectivity index (χ0) is 28.6. The Morgan fingerprint density at radius 1 is 1.15 bits per heavy atom. The Hall–Kier alpha value is -3.56. The van der Waals surface area contributed by atoms with Crippen molar-refractivity contribution < 1.29 is 13.9 Å². The molecule has 2 aromatic carbocycles. The second-order valence-corrected chi connectivity index (χ2v) is 12.8. The van der Waals surface area contributed by atoms with E-state index in [1.54, 1.807) is 17.4 Å². The molecule has 4 heterocycles. The number of thiophene rings is 1. The number of rotatable bonds is 6. The SMILES string of the molecule is CC(C)(C)OC(=O)N1CCCC1CCNc1cc(F)ccc1-c1nnc(-c2ccc3c(c2)CCNC3)c2ccsc12. The molecule has 6 rings (SSSR count). The van der Waals surface area contributed by atoms with E-state index in [-0.39, 0.29) is 18.0 Å². The van der Waals surface area contributed by atoms with Crippen LogP contribution in [0.2, 0.25) is 0 Å². The average molecular weight is 574 g/mol.